The van der Waals surface area contributed by atoms with E-state index in [4.69, 9.17) is 4.74 Å². The summed E-state index contributed by atoms with van der Waals surface area (Å²) in [5, 5.41) is 2.78. The van der Waals surface area contributed by atoms with Crippen LogP contribution in [0.2, 0.25) is 0 Å². The zero-order chi connectivity index (χ0) is 20.3. The fourth-order valence-corrected chi connectivity index (χ4v) is 3.09. The fourth-order valence-electron chi connectivity index (χ4n) is 3.09. The van der Waals surface area contributed by atoms with Gasteiger partial charge in [-0.25, -0.2) is 4.68 Å². The lowest BCUT2D eigenvalue weighted by molar-refractivity contribution is -0.122. The van der Waals surface area contributed by atoms with Crippen LogP contribution in [0, 0.1) is 13.8 Å². The van der Waals surface area contributed by atoms with Gasteiger partial charge in [0.1, 0.15) is 11.4 Å². The van der Waals surface area contributed by atoms with Gasteiger partial charge in [-0.05, 0) is 50.1 Å². The number of hydrogen-bond donors (Lipinski definition) is 1. The van der Waals surface area contributed by atoms with Gasteiger partial charge in [0.25, 0.3) is 11.5 Å². The second-order valence-electron chi connectivity index (χ2n) is 6.76. The van der Waals surface area contributed by atoms with Crippen molar-refractivity contribution < 1.29 is 9.53 Å². The van der Waals surface area contributed by atoms with Crippen molar-refractivity contribution in [3.63, 3.8) is 0 Å². The van der Waals surface area contributed by atoms with Gasteiger partial charge in [0.15, 0.2) is 6.10 Å². The van der Waals surface area contributed by atoms with Crippen molar-refractivity contribution >= 4 is 11.6 Å². The number of aromatic nitrogens is 2. The van der Waals surface area contributed by atoms with E-state index in [2.05, 4.69) is 5.32 Å². The molecule has 0 bridgehead atoms. The summed E-state index contributed by atoms with van der Waals surface area (Å²) in [7, 11) is 1.79. The molecule has 0 saturated heterocycles. The van der Waals surface area contributed by atoms with Crippen LogP contribution in [-0.4, -0.2) is 21.4 Å². The second kappa shape index (κ2) is 8.17. The monoisotopic (exact) mass is 379 g/mol. The lowest BCUT2D eigenvalue weighted by Crippen LogP contribution is -2.34. The third-order valence-electron chi connectivity index (χ3n) is 4.73. The molecule has 2 aromatic carbocycles. The normalized spacial score (nSPS) is 11.9. The molecule has 1 unspecified atom stereocenters. The van der Waals surface area contributed by atoms with Gasteiger partial charge < -0.3 is 10.1 Å². The molecule has 1 heterocycles. The van der Waals surface area contributed by atoms with Gasteiger partial charge in [-0.2, -0.15) is 0 Å². The molecule has 3 rings (SSSR count). The van der Waals surface area contributed by atoms with E-state index in [1.807, 2.05) is 68.4 Å². The number of benzene rings is 2. The fraction of sp³-hybridized carbons (Fsp3) is 0.273. The molecule has 146 valence electrons. The molecule has 0 spiro atoms. The summed E-state index contributed by atoms with van der Waals surface area (Å²) in [5.41, 5.74) is 2.46. The van der Waals surface area contributed by atoms with Crippen LogP contribution in [0.3, 0.4) is 0 Å². The van der Waals surface area contributed by atoms with Gasteiger partial charge >= 0.3 is 0 Å². The predicted octanol–water partition coefficient (Wildman–Crippen LogP) is 3.59. The Labute approximate surface area is 164 Å². The van der Waals surface area contributed by atoms with E-state index < -0.39 is 6.10 Å². The SMILES string of the molecule is CCC(Oc1cccc(C)c1)C(=O)Nc1c(C)n(C)n(-c2ccccc2)c1=O. The molecule has 0 aliphatic rings. The third kappa shape index (κ3) is 3.86. The van der Waals surface area contributed by atoms with E-state index in [1.54, 1.807) is 18.7 Å². The maximum Gasteiger partial charge on any atom is 0.295 e. The first kappa shape index (κ1) is 19.5. The van der Waals surface area contributed by atoms with Crippen LogP contribution in [0.25, 0.3) is 5.69 Å². The molecule has 0 radical (unpaired) electrons. The van der Waals surface area contributed by atoms with Gasteiger partial charge in [-0.1, -0.05) is 37.3 Å². The summed E-state index contributed by atoms with van der Waals surface area (Å²) >= 11 is 0. The number of para-hydroxylation sites is 1. The van der Waals surface area contributed by atoms with Crippen LogP contribution in [-0.2, 0) is 11.8 Å². The summed E-state index contributed by atoms with van der Waals surface area (Å²) in [6.07, 6.45) is -0.204. The van der Waals surface area contributed by atoms with Crippen molar-refractivity contribution in [1.29, 1.82) is 0 Å². The minimum absolute atomic E-state index is 0.266. The molecule has 1 aromatic heterocycles. The summed E-state index contributed by atoms with van der Waals surface area (Å²) in [4.78, 5) is 25.7. The van der Waals surface area contributed by atoms with Crippen molar-refractivity contribution in [3.8, 4) is 11.4 Å². The molecule has 28 heavy (non-hydrogen) atoms. The molecule has 6 heteroatoms. The molecule has 0 aliphatic heterocycles. The Hall–Kier alpha value is -3.28. The van der Waals surface area contributed by atoms with Gasteiger partial charge in [-0.15, -0.1) is 0 Å². The molecular weight excluding hydrogens is 354 g/mol. The Morgan fingerprint density at radius 2 is 1.82 bits per heavy atom. The molecule has 1 amide bonds. The second-order valence-corrected chi connectivity index (χ2v) is 6.76. The maximum atomic E-state index is 12.9. The minimum Gasteiger partial charge on any atom is -0.481 e. The highest BCUT2D eigenvalue weighted by Crippen LogP contribution is 2.18. The van der Waals surface area contributed by atoms with Crippen LogP contribution in [0.15, 0.2) is 59.4 Å². The largest absolute Gasteiger partial charge is 0.481 e. The molecule has 0 aliphatic carbocycles. The summed E-state index contributed by atoms with van der Waals surface area (Å²) in [6, 6.07) is 16.9. The Morgan fingerprint density at radius 1 is 1.11 bits per heavy atom. The van der Waals surface area contributed by atoms with Crippen LogP contribution >= 0.6 is 0 Å². The molecule has 6 nitrogen and oxygen atoms in total. The Morgan fingerprint density at radius 3 is 2.46 bits per heavy atom. The number of carbonyl (C=O) groups is 1. The van der Waals surface area contributed by atoms with Crippen LogP contribution in [0.4, 0.5) is 5.69 Å². The maximum absolute atomic E-state index is 12.9. The summed E-state index contributed by atoms with van der Waals surface area (Å²) in [6.45, 7) is 5.65. The molecular formula is C22H25N3O3. The van der Waals surface area contributed by atoms with Crippen molar-refractivity contribution in [2.75, 3.05) is 5.32 Å². The number of anilines is 1. The Balaban J connectivity index is 1.86. The first-order valence-corrected chi connectivity index (χ1v) is 9.30. The first-order chi connectivity index (χ1) is 13.4. The van der Waals surface area contributed by atoms with Gasteiger partial charge in [0.2, 0.25) is 0 Å². The summed E-state index contributed by atoms with van der Waals surface area (Å²) in [5.74, 6) is 0.295. The zero-order valence-electron chi connectivity index (χ0n) is 16.6. The molecule has 1 N–H and O–H groups in total. The van der Waals surface area contributed by atoms with Crippen molar-refractivity contribution in [1.82, 2.24) is 9.36 Å². The number of carbonyl (C=O) groups excluding carboxylic acids is 1. The number of rotatable bonds is 6. The number of ether oxygens (including phenoxy) is 1. The van der Waals surface area contributed by atoms with Crippen LogP contribution in [0.5, 0.6) is 5.75 Å². The average molecular weight is 379 g/mol. The highest BCUT2D eigenvalue weighted by atomic mass is 16.5. The van der Waals surface area contributed by atoms with Crippen molar-refractivity contribution in [3.05, 3.63) is 76.2 Å². The number of nitrogens with zero attached hydrogens (tertiary/aromatic N) is 2. The van der Waals surface area contributed by atoms with Gasteiger partial charge in [0, 0.05) is 7.05 Å². The summed E-state index contributed by atoms with van der Waals surface area (Å²) < 4.78 is 9.12. The molecule has 1 atom stereocenters. The first-order valence-electron chi connectivity index (χ1n) is 9.30. The number of nitrogens with one attached hydrogen (secondary N) is 1. The zero-order valence-corrected chi connectivity index (χ0v) is 16.6. The van der Waals surface area contributed by atoms with Gasteiger partial charge in [-0.3, -0.25) is 14.3 Å². The smallest absolute Gasteiger partial charge is 0.295 e. The third-order valence-corrected chi connectivity index (χ3v) is 4.73. The number of aryl methyl sites for hydroxylation is 1. The van der Waals surface area contributed by atoms with Crippen molar-refractivity contribution in [2.24, 2.45) is 7.05 Å². The van der Waals surface area contributed by atoms with E-state index in [9.17, 15) is 9.59 Å². The molecule has 3 aromatic rings. The minimum atomic E-state index is -0.689. The highest BCUT2D eigenvalue weighted by molar-refractivity contribution is 5.94. The van der Waals surface area contributed by atoms with Gasteiger partial charge in [0.05, 0.1) is 11.4 Å². The number of amides is 1. The van der Waals surface area contributed by atoms with E-state index in [1.165, 1.54) is 4.68 Å². The quantitative estimate of drug-likeness (QED) is 0.712. The lowest BCUT2D eigenvalue weighted by atomic mass is 10.2. The molecule has 0 fully saturated rings. The predicted molar refractivity (Wildman–Crippen MR) is 110 cm³/mol. The van der Waals surface area contributed by atoms with E-state index in [0.717, 1.165) is 11.3 Å². The Kier molecular flexibility index (Phi) is 5.68. The highest BCUT2D eigenvalue weighted by Gasteiger charge is 2.23. The topological polar surface area (TPSA) is 65.3 Å². The van der Waals surface area contributed by atoms with E-state index in [-0.39, 0.29) is 17.2 Å². The molecule has 0 saturated carbocycles. The van der Waals surface area contributed by atoms with E-state index in [0.29, 0.717) is 17.9 Å². The average Bonchev–Trinajstić information content (AvgIpc) is 2.90. The van der Waals surface area contributed by atoms with Crippen molar-refractivity contribution in [2.45, 2.75) is 33.3 Å². The standard InChI is InChI=1S/C22H25N3O3/c1-5-19(28-18-13-9-10-15(2)14-18)21(26)23-20-16(3)24(4)25(22(20)27)17-11-7-6-8-12-17/h6-14,19H,5H2,1-4H3,(H,23,26). The number of hydrogen-bond acceptors (Lipinski definition) is 3. The lowest BCUT2D eigenvalue weighted by Gasteiger charge is -2.17. The van der Waals surface area contributed by atoms with Crippen LogP contribution < -0.4 is 15.6 Å². The Bertz CT molecular complexity index is 1030. The van der Waals surface area contributed by atoms with Crippen LogP contribution in [0.1, 0.15) is 24.6 Å². The van der Waals surface area contributed by atoms with E-state index >= 15 is 0 Å².